The summed E-state index contributed by atoms with van der Waals surface area (Å²) in [6, 6.07) is 0. The van der Waals surface area contributed by atoms with Gasteiger partial charge in [0.05, 0.1) is 13.2 Å². The number of allylic oxidation sites excluding steroid dienone is 1. The largest absolute Gasteiger partial charge is 0.451 e. The number of Topliss-reactive ketones (excluding diaryl/α,β-unsaturated/α-hetero) is 1. The second kappa shape index (κ2) is 6.65. The Morgan fingerprint density at radius 2 is 1.70 bits per heavy atom. The Morgan fingerprint density at radius 3 is 2.37 bits per heavy atom. The van der Waals surface area contributed by atoms with Gasteiger partial charge in [-0.2, -0.15) is 0 Å². The van der Waals surface area contributed by atoms with E-state index >= 15 is 0 Å². The van der Waals surface area contributed by atoms with Gasteiger partial charge in [0.2, 0.25) is 0 Å². The maximum atomic E-state index is 12.8. The lowest BCUT2D eigenvalue weighted by Crippen LogP contribution is -2.58. The van der Waals surface area contributed by atoms with Crippen LogP contribution in [0, 0.1) is 28.6 Å². The van der Waals surface area contributed by atoms with Crippen LogP contribution in [0.15, 0.2) is 11.6 Å². The first-order valence-electron chi connectivity index (χ1n) is 11.8. The maximum absolute atomic E-state index is 12.8. The summed E-state index contributed by atoms with van der Waals surface area (Å²) in [4.78, 5) is 24.8. The first-order chi connectivity index (χ1) is 14.2. The summed E-state index contributed by atoms with van der Waals surface area (Å²) in [5.74, 6) is 0.899. The Balaban J connectivity index is 1.46. The third kappa shape index (κ3) is 2.60. The Morgan fingerprint density at radius 1 is 1.00 bits per heavy atom. The molecule has 0 radical (unpaired) electrons. The Hall–Kier alpha value is -1.20. The van der Waals surface area contributed by atoms with Gasteiger partial charge in [0.1, 0.15) is 0 Å². The van der Waals surface area contributed by atoms with Crippen LogP contribution in [0.1, 0.15) is 79.1 Å². The molecular formula is C25H36O5. The molecule has 3 saturated carbocycles. The number of carbonyl (C=O) groups is 2. The van der Waals surface area contributed by atoms with Gasteiger partial charge in [-0.3, -0.25) is 9.59 Å². The molecule has 1 aliphatic heterocycles. The summed E-state index contributed by atoms with van der Waals surface area (Å²) in [5, 5.41) is 0. The number of esters is 1. The summed E-state index contributed by atoms with van der Waals surface area (Å²) in [6.07, 6.45) is 10.2. The zero-order valence-electron chi connectivity index (χ0n) is 18.9. The first kappa shape index (κ1) is 20.7. The number of ether oxygens (including phenoxy) is 3. The predicted molar refractivity (Wildman–Crippen MR) is 112 cm³/mol. The lowest BCUT2D eigenvalue weighted by atomic mass is 9.46. The molecule has 0 bridgehead atoms. The maximum Gasteiger partial charge on any atom is 0.303 e. The molecule has 0 aromatic rings. The molecule has 4 aliphatic carbocycles. The van der Waals surface area contributed by atoms with Gasteiger partial charge in [0.15, 0.2) is 17.2 Å². The van der Waals surface area contributed by atoms with Crippen molar-refractivity contribution in [3.8, 4) is 0 Å². The second-order valence-electron chi connectivity index (χ2n) is 11.0. The van der Waals surface area contributed by atoms with E-state index in [4.69, 9.17) is 14.2 Å². The molecule has 30 heavy (non-hydrogen) atoms. The van der Waals surface area contributed by atoms with E-state index in [1.54, 1.807) is 6.92 Å². The zero-order chi connectivity index (χ0) is 21.4. The number of fused-ring (bicyclic) bond motifs is 5. The molecule has 5 aliphatic rings. The zero-order valence-corrected chi connectivity index (χ0v) is 18.9. The van der Waals surface area contributed by atoms with E-state index in [9.17, 15) is 9.59 Å². The second-order valence-corrected chi connectivity index (χ2v) is 11.0. The van der Waals surface area contributed by atoms with Gasteiger partial charge in [-0.25, -0.2) is 0 Å². The van der Waals surface area contributed by atoms with Crippen LogP contribution in [-0.2, 0) is 23.8 Å². The van der Waals surface area contributed by atoms with Gasteiger partial charge < -0.3 is 14.2 Å². The lowest BCUT2D eigenvalue weighted by molar-refractivity contribution is -0.194. The Labute approximate surface area is 179 Å². The van der Waals surface area contributed by atoms with E-state index in [0.717, 1.165) is 44.9 Å². The minimum Gasteiger partial charge on any atom is -0.451 e. The average molecular weight is 417 g/mol. The fraction of sp³-hybridized carbons (Fsp3) is 0.840. The van der Waals surface area contributed by atoms with Crippen molar-refractivity contribution in [1.82, 2.24) is 0 Å². The summed E-state index contributed by atoms with van der Waals surface area (Å²) in [5.41, 5.74) is 0.507. The highest BCUT2D eigenvalue weighted by Crippen LogP contribution is 2.68. The quantitative estimate of drug-likeness (QED) is 0.487. The van der Waals surface area contributed by atoms with E-state index in [-0.39, 0.29) is 28.4 Å². The van der Waals surface area contributed by atoms with Crippen LogP contribution < -0.4 is 0 Å². The van der Waals surface area contributed by atoms with Crippen molar-refractivity contribution in [3.63, 3.8) is 0 Å². The summed E-state index contributed by atoms with van der Waals surface area (Å²) in [7, 11) is 0. The number of carbonyl (C=O) groups excluding carboxylic acids is 2. The topological polar surface area (TPSA) is 61.8 Å². The molecule has 1 saturated heterocycles. The number of rotatable bonds is 2. The predicted octanol–water partition coefficient (Wildman–Crippen LogP) is 4.58. The highest BCUT2D eigenvalue weighted by Gasteiger charge is 2.68. The van der Waals surface area contributed by atoms with E-state index in [1.165, 1.54) is 12.5 Å². The van der Waals surface area contributed by atoms with Gasteiger partial charge in [0, 0.05) is 25.2 Å². The minimum absolute atomic E-state index is 0.0227. The highest BCUT2D eigenvalue weighted by molar-refractivity contribution is 5.89. The molecule has 4 fully saturated rings. The molecule has 166 valence electrons. The van der Waals surface area contributed by atoms with Gasteiger partial charge in [-0.05, 0) is 68.6 Å². The van der Waals surface area contributed by atoms with Crippen LogP contribution in [0.5, 0.6) is 0 Å². The molecule has 1 heterocycles. The molecule has 0 amide bonds. The molecule has 5 unspecified atom stereocenters. The number of hydrogen-bond donors (Lipinski definition) is 0. The van der Waals surface area contributed by atoms with Crippen molar-refractivity contribution >= 4 is 11.8 Å². The van der Waals surface area contributed by atoms with Gasteiger partial charge in [0.25, 0.3) is 0 Å². The molecule has 0 N–H and O–H groups in total. The smallest absolute Gasteiger partial charge is 0.303 e. The monoisotopic (exact) mass is 416 g/mol. The number of hydrogen-bond acceptors (Lipinski definition) is 5. The van der Waals surface area contributed by atoms with Gasteiger partial charge in [-0.1, -0.05) is 25.5 Å². The van der Waals surface area contributed by atoms with E-state index in [2.05, 4.69) is 19.9 Å². The molecule has 5 heteroatoms. The van der Waals surface area contributed by atoms with Crippen molar-refractivity contribution in [2.75, 3.05) is 13.2 Å². The molecule has 0 aromatic carbocycles. The first-order valence-corrected chi connectivity index (χ1v) is 11.8. The van der Waals surface area contributed by atoms with Crippen LogP contribution in [0.4, 0.5) is 0 Å². The fourth-order valence-electron chi connectivity index (χ4n) is 8.41. The van der Waals surface area contributed by atoms with Crippen molar-refractivity contribution in [2.24, 2.45) is 28.6 Å². The summed E-state index contributed by atoms with van der Waals surface area (Å²) < 4.78 is 17.9. The van der Waals surface area contributed by atoms with Crippen molar-refractivity contribution in [2.45, 2.75) is 90.4 Å². The molecule has 5 nitrogen and oxygen atoms in total. The third-order valence-electron chi connectivity index (χ3n) is 9.93. The van der Waals surface area contributed by atoms with E-state index < -0.39 is 5.60 Å². The normalized spacial score (nSPS) is 46.5. The number of ketones is 1. The Kier molecular flexibility index (Phi) is 4.59. The summed E-state index contributed by atoms with van der Waals surface area (Å²) in [6.45, 7) is 9.15. The van der Waals surface area contributed by atoms with Crippen LogP contribution in [-0.4, -0.2) is 36.4 Å². The molecule has 1 spiro atoms. The molecular weight excluding hydrogens is 380 g/mol. The SMILES string of the molecule is CC(=O)O[C@@]1(C(C)=O)CCC2C3CC=C4CC5(CCC4(C)C3CCC21C)OCCO5. The van der Waals surface area contributed by atoms with Crippen molar-refractivity contribution in [1.29, 1.82) is 0 Å². The van der Waals surface area contributed by atoms with E-state index in [0.29, 0.717) is 37.4 Å². The summed E-state index contributed by atoms with van der Waals surface area (Å²) >= 11 is 0. The van der Waals surface area contributed by atoms with E-state index in [1.807, 2.05) is 0 Å². The molecule has 5 rings (SSSR count). The van der Waals surface area contributed by atoms with Crippen LogP contribution >= 0.6 is 0 Å². The minimum atomic E-state index is -0.943. The van der Waals surface area contributed by atoms with Crippen LogP contribution in [0.3, 0.4) is 0 Å². The highest BCUT2D eigenvalue weighted by atomic mass is 16.7. The molecule has 0 aromatic heterocycles. The lowest BCUT2D eigenvalue weighted by Gasteiger charge is -2.59. The fourth-order valence-corrected chi connectivity index (χ4v) is 8.41. The third-order valence-corrected chi connectivity index (χ3v) is 9.93. The standard InChI is InChI=1S/C25H36O5/c1-16(26)25(30-17(2)27)10-8-21-19-6-5-18-15-24(28-13-14-29-24)12-11-22(18,3)20(19)7-9-23(21,25)4/h5,19-21H,6-15H2,1-4H3/t19?,20?,21?,22?,23?,25-/m1/s1. The van der Waals surface area contributed by atoms with Crippen LogP contribution in [0.25, 0.3) is 0 Å². The van der Waals surface area contributed by atoms with Gasteiger partial charge >= 0.3 is 5.97 Å². The van der Waals surface area contributed by atoms with Crippen molar-refractivity contribution < 1.29 is 23.8 Å². The van der Waals surface area contributed by atoms with Crippen LogP contribution in [0.2, 0.25) is 0 Å². The average Bonchev–Trinajstić information content (AvgIpc) is 3.25. The van der Waals surface area contributed by atoms with Gasteiger partial charge in [-0.15, -0.1) is 0 Å². The molecule has 6 atom stereocenters. The van der Waals surface area contributed by atoms with Crippen molar-refractivity contribution in [3.05, 3.63) is 11.6 Å². The Bertz CT molecular complexity index is 795.